The maximum absolute atomic E-state index is 10.8. The van der Waals surface area contributed by atoms with Gasteiger partial charge in [-0.3, -0.25) is 9.63 Å². The van der Waals surface area contributed by atoms with Crippen molar-refractivity contribution in [3.8, 4) is 16.2 Å². The van der Waals surface area contributed by atoms with Gasteiger partial charge < -0.3 is 4.74 Å². The average Bonchev–Trinajstić information content (AvgIpc) is 3.12. The summed E-state index contributed by atoms with van der Waals surface area (Å²) in [6.07, 6.45) is 0.872. The Morgan fingerprint density at radius 2 is 1.71 bits per heavy atom. The monoisotopic (exact) mass is 339 g/mol. The first-order valence-corrected chi connectivity index (χ1v) is 8.21. The number of para-hydroxylation sites is 2. The highest BCUT2D eigenvalue weighted by molar-refractivity contribution is 7.17. The molecule has 3 aromatic rings. The minimum atomic E-state index is 0.724. The minimum absolute atomic E-state index is 0.724. The molecular weight excluding hydrogens is 322 g/mol. The Bertz CT molecular complexity index is 827. The molecule has 0 saturated heterocycles. The van der Waals surface area contributed by atoms with E-state index in [4.69, 9.17) is 9.57 Å². The molecule has 24 heavy (non-hydrogen) atoms. The predicted octanol–water partition coefficient (Wildman–Crippen LogP) is 4.94. The molecule has 0 radical (unpaired) electrons. The molecule has 0 saturated carbocycles. The molecule has 1 aromatic heterocycles. The Balaban J connectivity index is 1.92. The summed E-state index contributed by atoms with van der Waals surface area (Å²) in [5, 5.41) is 1.72. The van der Waals surface area contributed by atoms with Gasteiger partial charge >= 0.3 is 0 Å². The molecule has 122 valence electrons. The van der Waals surface area contributed by atoms with Crippen molar-refractivity contribution in [1.29, 1.82) is 0 Å². The summed E-state index contributed by atoms with van der Waals surface area (Å²) in [5.41, 5.74) is 2.78. The number of aldehydes is 1. The van der Waals surface area contributed by atoms with Crippen molar-refractivity contribution < 1.29 is 14.4 Å². The lowest BCUT2D eigenvalue weighted by atomic mass is 10.1. The molecule has 0 aliphatic rings. The van der Waals surface area contributed by atoms with Crippen molar-refractivity contribution >= 4 is 29.0 Å². The normalized spacial score (nSPS) is 10.4. The van der Waals surface area contributed by atoms with Gasteiger partial charge in [-0.05, 0) is 42.0 Å². The largest absolute Gasteiger partial charge is 0.494 e. The summed E-state index contributed by atoms with van der Waals surface area (Å²) >= 11 is 1.48. The first-order chi connectivity index (χ1) is 11.8. The van der Waals surface area contributed by atoms with Crippen molar-refractivity contribution in [2.45, 2.75) is 0 Å². The van der Waals surface area contributed by atoms with Crippen LogP contribution in [0.1, 0.15) is 9.67 Å². The van der Waals surface area contributed by atoms with Gasteiger partial charge in [0, 0.05) is 4.88 Å². The molecule has 0 bridgehead atoms. The van der Waals surface area contributed by atoms with Crippen LogP contribution in [-0.4, -0.2) is 20.5 Å². The molecule has 0 atom stereocenters. The lowest BCUT2D eigenvalue weighted by molar-refractivity contribution is 0.112. The summed E-state index contributed by atoms with van der Waals surface area (Å²) in [6, 6.07) is 19.4. The molecule has 0 spiro atoms. The van der Waals surface area contributed by atoms with Gasteiger partial charge in [0.05, 0.1) is 24.8 Å². The standard InChI is InChI=1S/C19H17NO3S/c1-22-18-6-4-3-5-17(18)20(23-2)15-9-7-14(8-10-15)19-12-11-16(13-21)24-19/h3-13H,1-2H3. The molecule has 0 aliphatic heterocycles. The second kappa shape index (κ2) is 7.29. The molecule has 4 nitrogen and oxygen atoms in total. The van der Waals surface area contributed by atoms with E-state index in [9.17, 15) is 4.79 Å². The number of carbonyl (C=O) groups is 1. The smallest absolute Gasteiger partial charge is 0.160 e. The number of nitrogens with zero attached hydrogens (tertiary/aromatic N) is 1. The molecule has 0 N–H and O–H groups in total. The van der Waals surface area contributed by atoms with Crippen LogP contribution in [0, 0.1) is 0 Å². The summed E-state index contributed by atoms with van der Waals surface area (Å²) in [7, 11) is 3.26. The number of hydrogen-bond donors (Lipinski definition) is 0. The van der Waals surface area contributed by atoms with E-state index in [0.717, 1.165) is 38.7 Å². The highest BCUT2D eigenvalue weighted by Crippen LogP contribution is 2.35. The van der Waals surface area contributed by atoms with Gasteiger partial charge in [-0.15, -0.1) is 11.3 Å². The first-order valence-electron chi connectivity index (χ1n) is 7.39. The van der Waals surface area contributed by atoms with Crippen LogP contribution in [-0.2, 0) is 4.84 Å². The lowest BCUT2D eigenvalue weighted by Gasteiger charge is -2.23. The molecule has 0 aliphatic carbocycles. The Morgan fingerprint density at radius 3 is 2.33 bits per heavy atom. The number of thiophene rings is 1. The van der Waals surface area contributed by atoms with E-state index >= 15 is 0 Å². The molecule has 5 heteroatoms. The van der Waals surface area contributed by atoms with Crippen LogP contribution < -0.4 is 9.80 Å². The van der Waals surface area contributed by atoms with Crippen molar-refractivity contribution in [1.82, 2.24) is 0 Å². The van der Waals surface area contributed by atoms with Gasteiger partial charge in [0.1, 0.15) is 11.4 Å². The van der Waals surface area contributed by atoms with Crippen LogP contribution in [0.25, 0.3) is 10.4 Å². The second-order valence-electron chi connectivity index (χ2n) is 5.02. The fourth-order valence-corrected chi connectivity index (χ4v) is 3.30. The Hall–Kier alpha value is -2.63. The van der Waals surface area contributed by atoms with E-state index in [1.807, 2.05) is 60.7 Å². The van der Waals surface area contributed by atoms with Gasteiger partial charge in [-0.1, -0.05) is 24.3 Å². The van der Waals surface area contributed by atoms with Crippen molar-refractivity contribution in [3.05, 3.63) is 65.5 Å². The summed E-state index contributed by atoms with van der Waals surface area (Å²) < 4.78 is 5.40. The van der Waals surface area contributed by atoms with E-state index in [0.29, 0.717) is 0 Å². The SMILES string of the molecule is COc1ccccc1N(OC)c1ccc(-c2ccc(C=O)s2)cc1. The molecule has 2 aromatic carbocycles. The summed E-state index contributed by atoms with van der Waals surface area (Å²) in [5.74, 6) is 0.734. The van der Waals surface area contributed by atoms with Crippen LogP contribution in [0.2, 0.25) is 0 Å². The zero-order valence-electron chi connectivity index (χ0n) is 13.4. The molecule has 0 fully saturated rings. The second-order valence-corrected chi connectivity index (χ2v) is 6.13. The quantitative estimate of drug-likeness (QED) is 0.471. The number of anilines is 2. The van der Waals surface area contributed by atoms with Gasteiger partial charge in [0.25, 0.3) is 0 Å². The number of carbonyl (C=O) groups excluding carboxylic acids is 1. The molecule has 0 amide bonds. The van der Waals surface area contributed by atoms with E-state index in [2.05, 4.69) is 0 Å². The number of ether oxygens (including phenoxy) is 1. The van der Waals surface area contributed by atoms with Gasteiger partial charge in [0.2, 0.25) is 0 Å². The molecular formula is C19H17NO3S. The van der Waals surface area contributed by atoms with E-state index in [1.54, 1.807) is 19.3 Å². The minimum Gasteiger partial charge on any atom is -0.494 e. The van der Waals surface area contributed by atoms with Crippen molar-refractivity contribution in [2.75, 3.05) is 19.3 Å². The van der Waals surface area contributed by atoms with Crippen LogP contribution in [0.3, 0.4) is 0 Å². The molecule has 0 unspecified atom stereocenters. The van der Waals surface area contributed by atoms with Crippen molar-refractivity contribution in [2.24, 2.45) is 0 Å². The van der Waals surface area contributed by atoms with E-state index < -0.39 is 0 Å². The number of hydrogen-bond acceptors (Lipinski definition) is 5. The highest BCUT2D eigenvalue weighted by Gasteiger charge is 2.14. The van der Waals surface area contributed by atoms with Crippen molar-refractivity contribution in [3.63, 3.8) is 0 Å². The van der Waals surface area contributed by atoms with Gasteiger partial charge in [0.15, 0.2) is 6.29 Å². The van der Waals surface area contributed by atoms with Gasteiger partial charge in [-0.2, -0.15) is 0 Å². The molecule has 1 heterocycles. The summed E-state index contributed by atoms with van der Waals surface area (Å²) in [4.78, 5) is 18.2. The number of rotatable bonds is 6. The third-order valence-corrected chi connectivity index (χ3v) is 4.68. The van der Waals surface area contributed by atoms with Crippen LogP contribution >= 0.6 is 11.3 Å². The van der Waals surface area contributed by atoms with Crippen LogP contribution in [0.15, 0.2) is 60.7 Å². The first kappa shape index (κ1) is 16.2. The Labute approximate surface area is 144 Å². The zero-order chi connectivity index (χ0) is 16.9. The number of benzene rings is 2. The highest BCUT2D eigenvalue weighted by atomic mass is 32.1. The lowest BCUT2D eigenvalue weighted by Crippen LogP contribution is -2.15. The number of methoxy groups -OCH3 is 1. The van der Waals surface area contributed by atoms with E-state index in [-0.39, 0.29) is 0 Å². The van der Waals surface area contributed by atoms with Crippen LogP contribution in [0.4, 0.5) is 11.4 Å². The Morgan fingerprint density at radius 1 is 0.958 bits per heavy atom. The maximum atomic E-state index is 10.8. The molecule has 3 rings (SSSR count). The maximum Gasteiger partial charge on any atom is 0.160 e. The summed E-state index contributed by atoms with van der Waals surface area (Å²) in [6.45, 7) is 0. The fraction of sp³-hybridized carbons (Fsp3) is 0.105. The third kappa shape index (κ3) is 3.18. The average molecular weight is 339 g/mol. The van der Waals surface area contributed by atoms with Gasteiger partial charge in [-0.25, -0.2) is 5.06 Å². The predicted molar refractivity (Wildman–Crippen MR) is 97.3 cm³/mol. The third-order valence-electron chi connectivity index (χ3n) is 3.62. The van der Waals surface area contributed by atoms with Crippen LogP contribution in [0.5, 0.6) is 5.75 Å². The fourth-order valence-electron chi connectivity index (χ4n) is 2.47. The zero-order valence-corrected chi connectivity index (χ0v) is 14.2. The Kier molecular flexibility index (Phi) is 4.93. The van der Waals surface area contributed by atoms with E-state index in [1.165, 1.54) is 11.3 Å². The topological polar surface area (TPSA) is 38.8 Å².